The molecule has 2 N–H and O–H groups in total. The molecule has 1 aliphatic rings. The number of aryl methyl sites for hydroxylation is 1. The predicted octanol–water partition coefficient (Wildman–Crippen LogP) is 2.60. The number of halogens is 1. The third-order valence-corrected chi connectivity index (χ3v) is 5.18. The molecule has 1 atom stereocenters. The van der Waals surface area contributed by atoms with Crippen LogP contribution in [0, 0.1) is 5.82 Å². The van der Waals surface area contributed by atoms with Crippen LogP contribution in [0.5, 0.6) is 0 Å². The summed E-state index contributed by atoms with van der Waals surface area (Å²) in [4.78, 5) is 25.8. The zero-order chi connectivity index (χ0) is 19.8. The van der Waals surface area contributed by atoms with E-state index < -0.39 is 17.2 Å². The molecule has 0 amide bonds. The molecule has 0 saturated carbocycles. The van der Waals surface area contributed by atoms with Gasteiger partial charge in [0.15, 0.2) is 0 Å². The first-order chi connectivity index (χ1) is 13.5. The van der Waals surface area contributed by atoms with Crippen LogP contribution in [-0.4, -0.2) is 35.3 Å². The van der Waals surface area contributed by atoms with Crippen molar-refractivity contribution in [3.8, 4) is 0 Å². The summed E-state index contributed by atoms with van der Waals surface area (Å²) in [7, 11) is 0. The number of aromatic carboxylic acids is 1. The molecule has 4 rings (SSSR count). The minimum atomic E-state index is -1.32. The van der Waals surface area contributed by atoms with E-state index in [-0.39, 0.29) is 17.0 Å². The van der Waals surface area contributed by atoms with E-state index in [9.17, 15) is 19.1 Å². The molecule has 28 heavy (non-hydrogen) atoms. The fourth-order valence-corrected chi connectivity index (χ4v) is 3.72. The third kappa shape index (κ3) is 3.05. The highest BCUT2D eigenvalue weighted by Gasteiger charge is 2.25. The van der Waals surface area contributed by atoms with E-state index in [2.05, 4.69) is 5.32 Å². The molecule has 1 unspecified atom stereocenters. The number of fused-ring (bicyclic) bond motifs is 1. The molecule has 1 fully saturated rings. The van der Waals surface area contributed by atoms with Gasteiger partial charge in [-0.3, -0.25) is 4.79 Å². The molecule has 0 spiro atoms. The van der Waals surface area contributed by atoms with E-state index in [1.54, 1.807) is 23.2 Å². The van der Waals surface area contributed by atoms with Gasteiger partial charge in [0.05, 0.1) is 29.8 Å². The number of hydrogen-bond acceptors (Lipinski definition) is 5. The monoisotopic (exact) mass is 385 g/mol. The van der Waals surface area contributed by atoms with E-state index in [4.69, 9.17) is 4.42 Å². The highest BCUT2D eigenvalue weighted by molar-refractivity contribution is 5.93. The van der Waals surface area contributed by atoms with E-state index in [0.717, 1.165) is 11.6 Å². The minimum absolute atomic E-state index is 0.00495. The van der Waals surface area contributed by atoms with Crippen LogP contribution in [0.1, 0.15) is 28.9 Å². The van der Waals surface area contributed by atoms with E-state index in [0.29, 0.717) is 37.4 Å². The van der Waals surface area contributed by atoms with E-state index in [1.165, 1.54) is 6.20 Å². The summed E-state index contributed by atoms with van der Waals surface area (Å²) in [6.45, 7) is 4.14. The molecule has 3 heterocycles. The Labute approximate surface area is 160 Å². The van der Waals surface area contributed by atoms with Crippen molar-refractivity contribution in [3.63, 3.8) is 0 Å². The summed E-state index contributed by atoms with van der Waals surface area (Å²) in [5.74, 6) is -1.86. The molecule has 1 aliphatic heterocycles. The first-order valence-electron chi connectivity index (χ1n) is 9.10. The van der Waals surface area contributed by atoms with Crippen LogP contribution in [-0.2, 0) is 6.54 Å². The van der Waals surface area contributed by atoms with Gasteiger partial charge in [0.1, 0.15) is 11.4 Å². The molecule has 8 heteroatoms. The molecule has 2 aromatic heterocycles. The number of piperazine rings is 1. The Balaban J connectivity index is 1.80. The maximum atomic E-state index is 14.9. The maximum Gasteiger partial charge on any atom is 0.341 e. The van der Waals surface area contributed by atoms with Gasteiger partial charge in [-0.1, -0.05) is 0 Å². The van der Waals surface area contributed by atoms with Gasteiger partial charge in [0.2, 0.25) is 5.43 Å². The van der Waals surface area contributed by atoms with Crippen LogP contribution < -0.4 is 15.6 Å². The fourth-order valence-electron chi connectivity index (χ4n) is 3.72. The molecule has 1 aromatic carbocycles. The van der Waals surface area contributed by atoms with Gasteiger partial charge in [-0.15, -0.1) is 0 Å². The number of hydrogen-bond donors (Lipinski definition) is 2. The lowest BCUT2D eigenvalue weighted by atomic mass is 10.1. The first-order valence-corrected chi connectivity index (χ1v) is 9.10. The van der Waals surface area contributed by atoms with Gasteiger partial charge in [0.25, 0.3) is 0 Å². The topological polar surface area (TPSA) is 87.7 Å². The highest BCUT2D eigenvalue weighted by Crippen LogP contribution is 2.28. The lowest BCUT2D eigenvalue weighted by molar-refractivity contribution is 0.0695. The van der Waals surface area contributed by atoms with Crippen LogP contribution in [0.4, 0.5) is 10.1 Å². The van der Waals surface area contributed by atoms with Gasteiger partial charge in [-0.05, 0) is 25.1 Å². The van der Waals surface area contributed by atoms with Crippen LogP contribution in [0.2, 0.25) is 0 Å². The average Bonchev–Trinajstić information content (AvgIpc) is 3.23. The first kappa shape index (κ1) is 18.2. The highest BCUT2D eigenvalue weighted by atomic mass is 19.1. The summed E-state index contributed by atoms with van der Waals surface area (Å²) >= 11 is 0. The van der Waals surface area contributed by atoms with Crippen LogP contribution in [0.15, 0.2) is 46.1 Å². The summed E-state index contributed by atoms with van der Waals surface area (Å²) in [5, 5.41) is 12.7. The number of rotatable bonds is 4. The number of carboxylic acids is 1. The zero-order valence-electron chi connectivity index (χ0n) is 15.3. The van der Waals surface area contributed by atoms with Gasteiger partial charge in [-0.25, -0.2) is 9.18 Å². The Kier molecular flexibility index (Phi) is 4.64. The maximum absolute atomic E-state index is 14.9. The Bertz CT molecular complexity index is 1090. The van der Waals surface area contributed by atoms with Crippen LogP contribution in [0.25, 0.3) is 10.9 Å². The molecule has 3 aromatic rings. The second-order valence-corrected chi connectivity index (χ2v) is 6.79. The quantitative estimate of drug-likeness (QED) is 0.718. The lowest BCUT2D eigenvalue weighted by Crippen LogP contribution is -2.46. The average molecular weight is 385 g/mol. The zero-order valence-corrected chi connectivity index (χ0v) is 15.3. The molecule has 0 aliphatic carbocycles. The van der Waals surface area contributed by atoms with Gasteiger partial charge < -0.3 is 24.3 Å². The van der Waals surface area contributed by atoms with Gasteiger partial charge in [0, 0.05) is 43.3 Å². The second-order valence-electron chi connectivity index (χ2n) is 6.79. The Hall–Kier alpha value is -3.13. The number of carboxylic acid groups (broad SMARTS) is 1. The standard InChI is InChI=1S/C20H20FN3O4/c1-2-23-9-14(20(26)27)19(25)13-7-15(21)18(8-17(13)23)24-5-4-22-16(10-24)12-3-6-28-11-12/h3,6-9,11,16,22H,2,4-5,10H2,1H3,(H,26,27). The van der Waals surface area contributed by atoms with Crippen molar-refractivity contribution in [3.05, 3.63) is 64.1 Å². The Morgan fingerprint density at radius 1 is 1.43 bits per heavy atom. The van der Waals surface area contributed by atoms with Crippen molar-refractivity contribution in [2.24, 2.45) is 0 Å². The van der Waals surface area contributed by atoms with Crippen molar-refractivity contribution in [1.82, 2.24) is 9.88 Å². The third-order valence-electron chi connectivity index (χ3n) is 5.18. The van der Waals surface area contributed by atoms with E-state index >= 15 is 0 Å². The van der Waals surface area contributed by atoms with E-state index in [1.807, 2.05) is 17.9 Å². The van der Waals surface area contributed by atoms with Crippen molar-refractivity contribution in [2.75, 3.05) is 24.5 Å². The fraction of sp³-hybridized carbons (Fsp3) is 0.300. The predicted molar refractivity (Wildman–Crippen MR) is 102 cm³/mol. The van der Waals surface area contributed by atoms with Crippen molar-refractivity contribution in [2.45, 2.75) is 19.5 Å². The largest absolute Gasteiger partial charge is 0.477 e. The molecule has 0 radical (unpaired) electrons. The molecular formula is C20H20FN3O4. The molecule has 1 saturated heterocycles. The van der Waals surface area contributed by atoms with Crippen molar-refractivity contribution >= 4 is 22.6 Å². The lowest BCUT2D eigenvalue weighted by Gasteiger charge is -2.35. The number of furan rings is 1. The smallest absolute Gasteiger partial charge is 0.341 e. The summed E-state index contributed by atoms with van der Waals surface area (Å²) < 4.78 is 21.8. The number of carbonyl (C=O) groups is 1. The number of pyridine rings is 1. The molecule has 146 valence electrons. The Morgan fingerprint density at radius 3 is 2.93 bits per heavy atom. The van der Waals surface area contributed by atoms with Gasteiger partial charge in [-0.2, -0.15) is 0 Å². The second kappa shape index (κ2) is 7.12. The number of anilines is 1. The summed E-state index contributed by atoms with van der Waals surface area (Å²) in [6.07, 6.45) is 4.59. The molecule has 0 bridgehead atoms. The van der Waals surface area contributed by atoms with Crippen molar-refractivity contribution < 1.29 is 18.7 Å². The van der Waals surface area contributed by atoms with Gasteiger partial charge >= 0.3 is 5.97 Å². The molecule has 7 nitrogen and oxygen atoms in total. The van der Waals surface area contributed by atoms with Crippen LogP contribution in [0.3, 0.4) is 0 Å². The summed E-state index contributed by atoms with van der Waals surface area (Å²) in [5.41, 5.74) is 0.875. The summed E-state index contributed by atoms with van der Waals surface area (Å²) in [6, 6.07) is 4.67. The minimum Gasteiger partial charge on any atom is -0.477 e. The van der Waals surface area contributed by atoms with Crippen molar-refractivity contribution in [1.29, 1.82) is 0 Å². The Morgan fingerprint density at radius 2 is 2.25 bits per heavy atom. The SMILES string of the molecule is CCn1cc(C(=O)O)c(=O)c2cc(F)c(N3CCNC(c4ccoc4)C3)cc21. The molecular weight excluding hydrogens is 365 g/mol. The van der Waals surface area contributed by atoms with Crippen LogP contribution >= 0.6 is 0 Å². The number of nitrogens with zero attached hydrogens (tertiary/aromatic N) is 2. The number of aromatic nitrogens is 1. The number of benzene rings is 1. The normalized spacial score (nSPS) is 17.2. The number of nitrogens with one attached hydrogen (secondary N) is 1.